The maximum Gasteiger partial charge on any atom is 0.0950 e. The highest BCUT2D eigenvalue weighted by atomic mass is 15.1. The van der Waals surface area contributed by atoms with E-state index >= 15 is 0 Å². The molecule has 0 aliphatic carbocycles. The summed E-state index contributed by atoms with van der Waals surface area (Å²) in [5.41, 5.74) is 3.05. The van der Waals surface area contributed by atoms with Gasteiger partial charge in [-0.3, -0.25) is 0 Å². The van der Waals surface area contributed by atoms with Gasteiger partial charge in [-0.1, -0.05) is 30.3 Å². The summed E-state index contributed by atoms with van der Waals surface area (Å²) in [7, 11) is 3.98. The van der Waals surface area contributed by atoms with E-state index < -0.39 is 0 Å². The number of hydrogen-bond donors (Lipinski definition) is 0. The van der Waals surface area contributed by atoms with Crippen molar-refractivity contribution >= 4 is 5.69 Å². The Hall–Kier alpha value is -1.90. The van der Waals surface area contributed by atoms with Crippen molar-refractivity contribution in [2.45, 2.75) is 0 Å². The summed E-state index contributed by atoms with van der Waals surface area (Å²) in [4.78, 5) is 2.02. The smallest absolute Gasteiger partial charge is 0.0950 e. The molecule has 0 radical (unpaired) electrons. The van der Waals surface area contributed by atoms with E-state index in [0.29, 0.717) is 0 Å². The molecule has 0 saturated carbocycles. The second-order valence-electron chi connectivity index (χ2n) is 3.56. The predicted molar refractivity (Wildman–Crippen MR) is 61.8 cm³/mol. The minimum absolute atomic E-state index is 0.904. The van der Waals surface area contributed by atoms with E-state index in [4.69, 9.17) is 0 Å². The van der Waals surface area contributed by atoms with Gasteiger partial charge in [-0.15, -0.1) is 0 Å². The van der Waals surface area contributed by atoms with E-state index in [1.54, 1.807) is 6.20 Å². The molecular formula is C12H13N3. The summed E-state index contributed by atoms with van der Waals surface area (Å²) in [5, 5.41) is 8.11. The van der Waals surface area contributed by atoms with Crippen LogP contribution in [0.2, 0.25) is 0 Å². The number of benzene rings is 1. The normalized spacial score (nSPS) is 10.0. The number of aromatic nitrogens is 2. The van der Waals surface area contributed by atoms with Gasteiger partial charge in [-0.25, -0.2) is 0 Å². The molecule has 0 unspecified atom stereocenters. The lowest BCUT2D eigenvalue weighted by atomic mass is 10.1. The van der Waals surface area contributed by atoms with E-state index in [0.717, 1.165) is 16.9 Å². The van der Waals surface area contributed by atoms with Gasteiger partial charge in [-0.05, 0) is 6.07 Å². The quantitative estimate of drug-likeness (QED) is 0.742. The Morgan fingerprint density at radius 1 is 1.07 bits per heavy atom. The van der Waals surface area contributed by atoms with Crippen molar-refractivity contribution in [1.82, 2.24) is 10.2 Å². The third-order valence-electron chi connectivity index (χ3n) is 2.23. The van der Waals surface area contributed by atoms with Gasteiger partial charge in [0.2, 0.25) is 0 Å². The molecular weight excluding hydrogens is 186 g/mol. The Kier molecular flexibility index (Phi) is 2.63. The van der Waals surface area contributed by atoms with Crippen LogP contribution in [0.4, 0.5) is 5.69 Å². The van der Waals surface area contributed by atoms with Crippen LogP contribution in [0.25, 0.3) is 11.3 Å². The first-order chi connectivity index (χ1) is 7.27. The van der Waals surface area contributed by atoms with Gasteiger partial charge in [0.1, 0.15) is 0 Å². The highest BCUT2D eigenvalue weighted by Crippen LogP contribution is 2.19. The van der Waals surface area contributed by atoms with Gasteiger partial charge >= 0.3 is 0 Å². The Balaban J connectivity index is 2.42. The molecule has 0 amide bonds. The molecule has 2 rings (SSSR count). The van der Waals surface area contributed by atoms with Crippen LogP contribution in [0.5, 0.6) is 0 Å². The van der Waals surface area contributed by atoms with Crippen LogP contribution in [-0.2, 0) is 0 Å². The molecule has 0 fully saturated rings. The van der Waals surface area contributed by atoms with Crippen LogP contribution in [-0.4, -0.2) is 24.3 Å². The van der Waals surface area contributed by atoms with E-state index in [2.05, 4.69) is 10.2 Å². The molecule has 2 aromatic rings. The molecule has 0 aliphatic heterocycles. The zero-order valence-corrected chi connectivity index (χ0v) is 8.88. The molecule has 0 atom stereocenters. The summed E-state index contributed by atoms with van der Waals surface area (Å²) >= 11 is 0. The number of nitrogens with zero attached hydrogens (tertiary/aromatic N) is 3. The monoisotopic (exact) mass is 199 g/mol. The van der Waals surface area contributed by atoms with Crippen LogP contribution in [0.1, 0.15) is 0 Å². The van der Waals surface area contributed by atoms with Crippen molar-refractivity contribution < 1.29 is 0 Å². The molecule has 1 aromatic heterocycles. The van der Waals surface area contributed by atoms with E-state index in [-0.39, 0.29) is 0 Å². The second-order valence-corrected chi connectivity index (χ2v) is 3.56. The molecule has 0 N–H and O–H groups in total. The van der Waals surface area contributed by atoms with Gasteiger partial charge in [0.15, 0.2) is 0 Å². The SMILES string of the molecule is CN(C)c1cnnc(-c2ccccc2)c1. The van der Waals surface area contributed by atoms with Crippen LogP contribution in [0.3, 0.4) is 0 Å². The summed E-state index contributed by atoms with van der Waals surface area (Å²) in [6.45, 7) is 0. The summed E-state index contributed by atoms with van der Waals surface area (Å²) in [6, 6.07) is 12.1. The fraction of sp³-hybridized carbons (Fsp3) is 0.167. The molecule has 3 nitrogen and oxygen atoms in total. The fourth-order valence-corrected chi connectivity index (χ4v) is 1.35. The minimum Gasteiger partial charge on any atom is -0.376 e. The van der Waals surface area contributed by atoms with Gasteiger partial charge in [0.25, 0.3) is 0 Å². The zero-order valence-electron chi connectivity index (χ0n) is 8.88. The molecule has 76 valence electrons. The Bertz CT molecular complexity index is 438. The van der Waals surface area contributed by atoms with Crippen LogP contribution < -0.4 is 4.90 Å². The maximum atomic E-state index is 4.12. The van der Waals surface area contributed by atoms with Crippen molar-refractivity contribution in [1.29, 1.82) is 0 Å². The van der Waals surface area contributed by atoms with Crippen LogP contribution in [0.15, 0.2) is 42.6 Å². The molecule has 0 spiro atoms. The van der Waals surface area contributed by atoms with Crippen LogP contribution >= 0.6 is 0 Å². The van der Waals surface area contributed by atoms with Crippen molar-refractivity contribution in [3.63, 3.8) is 0 Å². The second kappa shape index (κ2) is 4.09. The van der Waals surface area contributed by atoms with E-state index in [9.17, 15) is 0 Å². The zero-order chi connectivity index (χ0) is 10.7. The third-order valence-corrected chi connectivity index (χ3v) is 2.23. The highest BCUT2D eigenvalue weighted by molar-refractivity contribution is 5.63. The highest BCUT2D eigenvalue weighted by Gasteiger charge is 2.01. The predicted octanol–water partition coefficient (Wildman–Crippen LogP) is 2.21. The maximum absolute atomic E-state index is 4.12. The molecule has 0 saturated heterocycles. The van der Waals surface area contributed by atoms with Gasteiger partial charge in [0.05, 0.1) is 17.6 Å². The lowest BCUT2D eigenvalue weighted by molar-refractivity contribution is 1.01. The molecule has 0 bridgehead atoms. The molecule has 0 aliphatic rings. The van der Waals surface area contributed by atoms with Crippen molar-refractivity contribution in [2.75, 3.05) is 19.0 Å². The standard InChI is InChI=1S/C12H13N3/c1-15(2)11-8-12(14-13-9-11)10-6-4-3-5-7-10/h3-9H,1-2H3. The molecule has 3 heteroatoms. The van der Waals surface area contributed by atoms with E-state index in [1.807, 2.05) is 55.4 Å². The van der Waals surface area contributed by atoms with Gasteiger partial charge in [0, 0.05) is 19.7 Å². The van der Waals surface area contributed by atoms with Crippen molar-refractivity contribution in [2.24, 2.45) is 0 Å². The van der Waals surface area contributed by atoms with Crippen LogP contribution in [0, 0.1) is 0 Å². The largest absolute Gasteiger partial charge is 0.376 e. The summed E-state index contributed by atoms with van der Waals surface area (Å²) < 4.78 is 0. The first kappa shape index (κ1) is 9.65. The first-order valence-electron chi connectivity index (χ1n) is 4.83. The van der Waals surface area contributed by atoms with Gasteiger partial charge < -0.3 is 4.90 Å². The van der Waals surface area contributed by atoms with E-state index in [1.165, 1.54) is 0 Å². The summed E-state index contributed by atoms with van der Waals surface area (Å²) in [5.74, 6) is 0. The molecule has 1 heterocycles. The third kappa shape index (κ3) is 2.13. The first-order valence-corrected chi connectivity index (χ1v) is 4.83. The average molecular weight is 199 g/mol. The minimum atomic E-state index is 0.904. The number of anilines is 1. The topological polar surface area (TPSA) is 29.0 Å². The lowest BCUT2D eigenvalue weighted by Gasteiger charge is -2.11. The number of hydrogen-bond acceptors (Lipinski definition) is 3. The Labute approximate surface area is 89.4 Å². The fourth-order valence-electron chi connectivity index (χ4n) is 1.35. The average Bonchev–Trinajstić information content (AvgIpc) is 2.30. The van der Waals surface area contributed by atoms with Crippen molar-refractivity contribution in [3.05, 3.63) is 42.6 Å². The Morgan fingerprint density at radius 3 is 2.47 bits per heavy atom. The lowest BCUT2D eigenvalue weighted by Crippen LogP contribution is -2.09. The summed E-state index contributed by atoms with van der Waals surface area (Å²) in [6.07, 6.45) is 1.76. The Morgan fingerprint density at radius 2 is 1.80 bits per heavy atom. The van der Waals surface area contributed by atoms with Gasteiger partial charge in [-0.2, -0.15) is 10.2 Å². The molecule has 1 aromatic carbocycles. The molecule has 15 heavy (non-hydrogen) atoms. The van der Waals surface area contributed by atoms with Crippen molar-refractivity contribution in [3.8, 4) is 11.3 Å². The number of rotatable bonds is 2.